The van der Waals surface area contributed by atoms with Gasteiger partial charge in [0, 0.05) is 27.0 Å². The van der Waals surface area contributed by atoms with Crippen molar-refractivity contribution in [2.24, 2.45) is 0 Å². The van der Waals surface area contributed by atoms with Crippen molar-refractivity contribution in [1.29, 1.82) is 0 Å². The summed E-state index contributed by atoms with van der Waals surface area (Å²) >= 11 is 0. The molecule has 2 rings (SSSR count). The van der Waals surface area contributed by atoms with Gasteiger partial charge in [0.1, 0.15) is 0 Å². The monoisotopic (exact) mass is 275 g/mol. The van der Waals surface area contributed by atoms with E-state index in [1.165, 1.54) is 38.5 Å². The third-order valence-electron chi connectivity index (χ3n) is 2.80. The van der Waals surface area contributed by atoms with Crippen LogP contribution in [0.5, 0.6) is 0 Å². The van der Waals surface area contributed by atoms with E-state index in [4.69, 9.17) is 0 Å². The Morgan fingerprint density at radius 1 is 1.07 bits per heavy atom. The molecule has 1 aliphatic rings. The number of aromatic nitrogens is 3. The van der Waals surface area contributed by atoms with Crippen LogP contribution in [0.3, 0.4) is 0 Å². The van der Waals surface area contributed by atoms with E-state index < -0.39 is 0 Å². The van der Waals surface area contributed by atoms with Gasteiger partial charge >= 0.3 is 0 Å². The Balaban J connectivity index is 0.000000980. The molecule has 0 atom stereocenters. The predicted molar refractivity (Wildman–Crippen MR) is 50.3 cm³/mol. The molecule has 1 saturated carbocycles. The second-order valence-corrected chi connectivity index (χ2v) is 3.73. The largest absolute Gasteiger partial charge is 0.139 e. The van der Waals surface area contributed by atoms with Crippen molar-refractivity contribution < 1.29 is 21.1 Å². The molecular formula is C10H15MoN3. The first-order valence-corrected chi connectivity index (χ1v) is 5.11. The van der Waals surface area contributed by atoms with Crippen LogP contribution in [0.2, 0.25) is 0 Å². The van der Waals surface area contributed by atoms with Gasteiger partial charge in [0.05, 0.1) is 11.9 Å². The molecule has 0 radical (unpaired) electrons. The maximum absolute atomic E-state index is 4.08. The Hall–Kier alpha value is -0.302. The zero-order chi connectivity index (χ0) is 8.93. The summed E-state index contributed by atoms with van der Waals surface area (Å²) < 4.78 is 0. The fourth-order valence-corrected chi connectivity index (χ4v) is 2.04. The maximum Gasteiger partial charge on any atom is 0.0695 e. The van der Waals surface area contributed by atoms with E-state index in [1.54, 1.807) is 6.20 Å². The summed E-state index contributed by atoms with van der Waals surface area (Å²) in [5.41, 5.74) is 1.14. The molecule has 0 saturated heterocycles. The summed E-state index contributed by atoms with van der Waals surface area (Å²) in [6.07, 6.45) is 9.75. The molecule has 1 aliphatic carbocycles. The number of rotatable bonds is 1. The minimum atomic E-state index is 0. The van der Waals surface area contributed by atoms with Gasteiger partial charge in [-0.25, -0.2) is 0 Å². The zero-order valence-electron chi connectivity index (χ0n) is 8.22. The molecule has 76 valence electrons. The van der Waals surface area contributed by atoms with Gasteiger partial charge in [-0.1, -0.05) is 25.7 Å². The first-order valence-electron chi connectivity index (χ1n) is 5.11. The first-order chi connectivity index (χ1) is 6.47. The number of hydrogen-bond acceptors (Lipinski definition) is 3. The van der Waals surface area contributed by atoms with E-state index in [0.29, 0.717) is 5.92 Å². The van der Waals surface area contributed by atoms with Crippen LogP contribution >= 0.6 is 0 Å². The Bertz CT molecular complexity index is 245. The van der Waals surface area contributed by atoms with Crippen LogP contribution < -0.4 is 0 Å². The van der Waals surface area contributed by atoms with Crippen LogP contribution in [0.15, 0.2) is 12.3 Å². The first kappa shape index (κ1) is 11.8. The Labute approximate surface area is 99.0 Å². The average molecular weight is 273 g/mol. The topological polar surface area (TPSA) is 38.7 Å². The van der Waals surface area contributed by atoms with Gasteiger partial charge in [-0.3, -0.25) is 0 Å². The minimum Gasteiger partial charge on any atom is -0.139 e. The van der Waals surface area contributed by atoms with Crippen molar-refractivity contribution in [3.8, 4) is 0 Å². The molecule has 0 aromatic carbocycles. The molecule has 1 heterocycles. The van der Waals surface area contributed by atoms with Crippen molar-refractivity contribution >= 4 is 0 Å². The fraction of sp³-hybridized carbons (Fsp3) is 0.700. The Morgan fingerprint density at radius 3 is 2.36 bits per heavy atom. The van der Waals surface area contributed by atoms with Crippen molar-refractivity contribution in [1.82, 2.24) is 15.4 Å². The third-order valence-corrected chi connectivity index (χ3v) is 2.80. The molecule has 4 heteroatoms. The SMILES string of the molecule is [Mo].c1cc(C2CCCCCC2)nnn1. The average Bonchev–Trinajstić information content (AvgIpc) is 2.47. The number of hydrogen-bond donors (Lipinski definition) is 0. The normalized spacial score (nSPS) is 18.3. The summed E-state index contributed by atoms with van der Waals surface area (Å²) in [5, 5.41) is 11.5. The molecule has 0 aliphatic heterocycles. The van der Waals surface area contributed by atoms with Gasteiger partial charge in [0.25, 0.3) is 0 Å². The molecule has 0 unspecified atom stereocenters. The van der Waals surface area contributed by atoms with E-state index >= 15 is 0 Å². The molecule has 1 aromatic rings. The van der Waals surface area contributed by atoms with Crippen molar-refractivity contribution in [2.45, 2.75) is 44.4 Å². The molecule has 3 nitrogen and oxygen atoms in total. The van der Waals surface area contributed by atoms with Crippen molar-refractivity contribution in [3.63, 3.8) is 0 Å². The predicted octanol–water partition coefficient (Wildman–Crippen LogP) is 2.31. The second kappa shape index (κ2) is 6.23. The molecule has 0 N–H and O–H groups in total. The van der Waals surface area contributed by atoms with Crippen LogP contribution in [-0.2, 0) is 21.1 Å². The molecule has 14 heavy (non-hydrogen) atoms. The van der Waals surface area contributed by atoms with Crippen molar-refractivity contribution in [2.75, 3.05) is 0 Å². The summed E-state index contributed by atoms with van der Waals surface area (Å²) in [5.74, 6) is 0.637. The molecule has 0 amide bonds. The van der Waals surface area contributed by atoms with Gasteiger partial charge in [-0.15, -0.1) is 10.2 Å². The summed E-state index contributed by atoms with van der Waals surface area (Å²) in [7, 11) is 0. The molecule has 1 aromatic heterocycles. The maximum atomic E-state index is 4.08. The van der Waals surface area contributed by atoms with Gasteiger partial charge in [0.15, 0.2) is 0 Å². The van der Waals surface area contributed by atoms with E-state index in [1.807, 2.05) is 6.07 Å². The minimum absolute atomic E-state index is 0. The van der Waals surface area contributed by atoms with Gasteiger partial charge in [0.2, 0.25) is 0 Å². The van der Waals surface area contributed by atoms with E-state index in [9.17, 15) is 0 Å². The molecular weight excluding hydrogens is 258 g/mol. The van der Waals surface area contributed by atoms with E-state index in [0.717, 1.165) is 5.69 Å². The van der Waals surface area contributed by atoms with Crippen LogP contribution in [-0.4, -0.2) is 15.4 Å². The van der Waals surface area contributed by atoms with E-state index in [2.05, 4.69) is 15.4 Å². The van der Waals surface area contributed by atoms with Gasteiger partial charge < -0.3 is 0 Å². The van der Waals surface area contributed by atoms with Crippen LogP contribution in [0.4, 0.5) is 0 Å². The molecule has 0 spiro atoms. The Morgan fingerprint density at radius 2 is 1.79 bits per heavy atom. The summed E-state index contributed by atoms with van der Waals surface area (Å²) in [6.45, 7) is 0. The molecule has 0 bridgehead atoms. The second-order valence-electron chi connectivity index (χ2n) is 3.73. The Kier molecular flexibility index (Phi) is 5.24. The standard InChI is InChI=1S/C10H15N3.Mo/c1-2-4-6-9(5-3-1)10-7-8-11-13-12-10;/h7-9H,1-6H2;. The molecule has 1 fully saturated rings. The van der Waals surface area contributed by atoms with Crippen LogP contribution in [0.1, 0.15) is 50.1 Å². The third kappa shape index (κ3) is 3.13. The van der Waals surface area contributed by atoms with Gasteiger partial charge in [-0.05, 0) is 24.1 Å². The van der Waals surface area contributed by atoms with Crippen LogP contribution in [0, 0.1) is 0 Å². The zero-order valence-corrected chi connectivity index (χ0v) is 10.2. The number of nitrogens with zero attached hydrogens (tertiary/aromatic N) is 3. The quantitative estimate of drug-likeness (QED) is 0.582. The van der Waals surface area contributed by atoms with Crippen LogP contribution in [0.25, 0.3) is 0 Å². The van der Waals surface area contributed by atoms with Crippen molar-refractivity contribution in [3.05, 3.63) is 18.0 Å². The van der Waals surface area contributed by atoms with Gasteiger partial charge in [-0.2, -0.15) is 0 Å². The summed E-state index contributed by atoms with van der Waals surface area (Å²) in [6, 6.07) is 2.00. The fourth-order valence-electron chi connectivity index (χ4n) is 2.04. The van der Waals surface area contributed by atoms with E-state index in [-0.39, 0.29) is 21.1 Å². The smallest absolute Gasteiger partial charge is 0.0695 e. The summed E-state index contributed by atoms with van der Waals surface area (Å²) in [4.78, 5) is 0.